The Hall–Kier alpha value is -0.870. The molecule has 0 saturated heterocycles. The summed E-state index contributed by atoms with van der Waals surface area (Å²) in [7, 11) is -2.94. The largest absolute Gasteiger partial charge is 0.416 e. The van der Waals surface area contributed by atoms with Crippen LogP contribution in [0.4, 0.5) is 13.2 Å². The molecule has 0 radical (unpaired) electrons. The first-order valence-electron chi connectivity index (χ1n) is 5.18. The number of sulfonamides is 1. The van der Waals surface area contributed by atoms with E-state index in [2.05, 4.69) is 9.57 Å². The topological polar surface area (TPSA) is 64.6 Å². The van der Waals surface area contributed by atoms with Gasteiger partial charge in [0.05, 0.1) is 23.8 Å². The van der Waals surface area contributed by atoms with Gasteiger partial charge in [-0.05, 0) is 18.2 Å². The molecule has 0 saturated carbocycles. The van der Waals surface area contributed by atoms with E-state index in [0.29, 0.717) is 12.1 Å². The second-order valence-corrected chi connectivity index (χ2v) is 5.59. The van der Waals surface area contributed by atoms with Crippen molar-refractivity contribution in [3.8, 4) is 0 Å². The molecule has 1 rings (SSSR count). The number of rotatable bonds is 6. The quantitative estimate of drug-likeness (QED) is 0.640. The van der Waals surface area contributed by atoms with Crippen molar-refractivity contribution in [1.82, 2.24) is 4.89 Å². The molecule has 1 aromatic carbocycles. The number of halogens is 4. The highest BCUT2D eigenvalue weighted by molar-refractivity contribution is 7.89. The minimum atomic E-state index is -4.67. The first-order chi connectivity index (χ1) is 9.18. The van der Waals surface area contributed by atoms with Gasteiger partial charge in [-0.25, -0.2) is 8.42 Å². The Kier molecular flexibility index (Phi) is 5.78. The summed E-state index contributed by atoms with van der Waals surface area (Å²) in [5, 5.41) is -0.346. The van der Waals surface area contributed by atoms with Crippen LogP contribution in [0.2, 0.25) is 5.02 Å². The number of alkyl halides is 3. The molecule has 0 bridgehead atoms. The van der Waals surface area contributed by atoms with Gasteiger partial charge in [0.1, 0.15) is 4.90 Å². The monoisotopic (exact) mass is 333 g/mol. The summed E-state index contributed by atoms with van der Waals surface area (Å²) in [5.41, 5.74) is -1.13. The fourth-order valence-corrected chi connectivity index (χ4v) is 2.53. The van der Waals surface area contributed by atoms with Crippen LogP contribution in [0.3, 0.4) is 0 Å². The third kappa shape index (κ3) is 4.60. The molecule has 0 fully saturated rings. The number of benzene rings is 1. The van der Waals surface area contributed by atoms with Crippen LogP contribution < -0.4 is 4.89 Å². The van der Waals surface area contributed by atoms with Crippen molar-refractivity contribution < 1.29 is 31.2 Å². The number of nitrogens with one attached hydrogen (secondary N) is 1. The van der Waals surface area contributed by atoms with Crippen molar-refractivity contribution in [3.05, 3.63) is 28.8 Å². The van der Waals surface area contributed by atoms with E-state index >= 15 is 0 Å². The number of hydrogen-bond donors (Lipinski definition) is 1. The maximum Gasteiger partial charge on any atom is 0.416 e. The molecular formula is C10H11ClF3NO4S. The van der Waals surface area contributed by atoms with Gasteiger partial charge in [-0.1, -0.05) is 16.5 Å². The molecule has 10 heteroatoms. The lowest BCUT2D eigenvalue weighted by molar-refractivity contribution is -0.137. The molecule has 0 aliphatic rings. The van der Waals surface area contributed by atoms with Crippen LogP contribution in [0.5, 0.6) is 0 Å². The van der Waals surface area contributed by atoms with Crippen molar-refractivity contribution in [1.29, 1.82) is 0 Å². The lowest BCUT2D eigenvalue weighted by Gasteiger charge is -2.11. The molecule has 0 aromatic heterocycles. The summed E-state index contributed by atoms with van der Waals surface area (Å²) in [6.07, 6.45) is -4.67. The highest BCUT2D eigenvalue weighted by Gasteiger charge is 2.32. The van der Waals surface area contributed by atoms with Gasteiger partial charge < -0.3 is 4.74 Å². The van der Waals surface area contributed by atoms with E-state index in [4.69, 9.17) is 11.6 Å². The Balaban J connectivity index is 2.99. The van der Waals surface area contributed by atoms with E-state index in [1.807, 2.05) is 0 Å². The summed E-state index contributed by atoms with van der Waals surface area (Å²) < 4.78 is 65.8. The highest BCUT2D eigenvalue weighted by Crippen LogP contribution is 2.33. The number of ether oxygens (including phenoxy) is 1. The fraction of sp³-hybridized carbons (Fsp3) is 0.400. The van der Waals surface area contributed by atoms with E-state index in [1.54, 1.807) is 4.89 Å². The summed E-state index contributed by atoms with van der Waals surface area (Å²) in [4.78, 5) is 5.52. The van der Waals surface area contributed by atoms with Crippen molar-refractivity contribution in [3.63, 3.8) is 0 Å². The van der Waals surface area contributed by atoms with Gasteiger partial charge in [-0.2, -0.15) is 13.2 Å². The van der Waals surface area contributed by atoms with Crippen molar-refractivity contribution in [2.75, 3.05) is 20.3 Å². The predicted molar refractivity (Wildman–Crippen MR) is 64.6 cm³/mol. The van der Waals surface area contributed by atoms with E-state index < -0.39 is 26.7 Å². The molecule has 114 valence electrons. The molecule has 1 N–H and O–H groups in total. The van der Waals surface area contributed by atoms with Crippen LogP contribution in [-0.2, 0) is 25.8 Å². The molecular weight excluding hydrogens is 323 g/mol. The van der Waals surface area contributed by atoms with Gasteiger partial charge in [-0.15, -0.1) is 0 Å². The molecule has 0 aliphatic heterocycles. The van der Waals surface area contributed by atoms with Crippen LogP contribution in [0.15, 0.2) is 23.1 Å². The van der Waals surface area contributed by atoms with Crippen LogP contribution in [0, 0.1) is 0 Å². The standard InChI is InChI=1S/C10H11ClF3NO4S/c1-18-4-5-19-15-20(16,17)9-6-7(10(12,13)14)2-3-8(9)11/h2-3,6,15H,4-5H2,1H3. The van der Waals surface area contributed by atoms with Crippen LogP contribution >= 0.6 is 11.6 Å². The smallest absolute Gasteiger partial charge is 0.382 e. The van der Waals surface area contributed by atoms with Crippen molar-refractivity contribution in [2.45, 2.75) is 11.1 Å². The van der Waals surface area contributed by atoms with Gasteiger partial charge in [0.25, 0.3) is 10.0 Å². The van der Waals surface area contributed by atoms with Gasteiger partial charge in [0, 0.05) is 7.11 Å². The Morgan fingerprint density at radius 2 is 1.95 bits per heavy atom. The van der Waals surface area contributed by atoms with E-state index in [-0.39, 0.29) is 18.2 Å². The lowest BCUT2D eigenvalue weighted by Crippen LogP contribution is -2.26. The van der Waals surface area contributed by atoms with Crippen LogP contribution in [0.1, 0.15) is 5.56 Å². The highest BCUT2D eigenvalue weighted by atomic mass is 35.5. The second kappa shape index (κ2) is 6.72. The minimum absolute atomic E-state index is 0.105. The second-order valence-electron chi connectivity index (χ2n) is 3.57. The summed E-state index contributed by atoms with van der Waals surface area (Å²) >= 11 is 5.60. The zero-order valence-corrected chi connectivity index (χ0v) is 11.8. The molecule has 0 aliphatic carbocycles. The van der Waals surface area contributed by atoms with Crippen LogP contribution in [0.25, 0.3) is 0 Å². The SMILES string of the molecule is COCCONS(=O)(=O)c1cc(C(F)(F)F)ccc1Cl. The Bertz CT molecular complexity index is 562. The maximum absolute atomic E-state index is 12.5. The third-order valence-electron chi connectivity index (χ3n) is 2.11. The maximum atomic E-state index is 12.5. The zero-order valence-electron chi connectivity index (χ0n) is 10.2. The average molecular weight is 334 g/mol. The molecule has 5 nitrogen and oxygen atoms in total. The van der Waals surface area contributed by atoms with E-state index in [0.717, 1.165) is 6.07 Å². The minimum Gasteiger partial charge on any atom is -0.382 e. The molecule has 0 amide bonds. The molecule has 0 heterocycles. The molecule has 0 atom stereocenters. The van der Waals surface area contributed by atoms with Crippen molar-refractivity contribution in [2.24, 2.45) is 0 Å². The van der Waals surface area contributed by atoms with Crippen molar-refractivity contribution >= 4 is 21.6 Å². The predicted octanol–water partition coefficient (Wildman–Crippen LogP) is 2.22. The first kappa shape index (κ1) is 17.2. The first-order valence-corrected chi connectivity index (χ1v) is 7.04. The van der Waals surface area contributed by atoms with Crippen LogP contribution in [-0.4, -0.2) is 28.7 Å². The molecule has 1 aromatic rings. The van der Waals surface area contributed by atoms with Gasteiger partial charge in [0.2, 0.25) is 0 Å². The van der Waals surface area contributed by atoms with Gasteiger partial charge in [-0.3, -0.25) is 4.84 Å². The molecule has 0 spiro atoms. The Morgan fingerprint density at radius 1 is 1.30 bits per heavy atom. The average Bonchev–Trinajstić information content (AvgIpc) is 2.33. The summed E-state index contributed by atoms with van der Waals surface area (Å²) in [5.74, 6) is 0. The fourth-order valence-electron chi connectivity index (χ4n) is 1.17. The molecule has 20 heavy (non-hydrogen) atoms. The summed E-state index contributed by atoms with van der Waals surface area (Å²) in [6, 6.07) is 1.98. The Morgan fingerprint density at radius 3 is 2.50 bits per heavy atom. The lowest BCUT2D eigenvalue weighted by atomic mass is 10.2. The van der Waals surface area contributed by atoms with Gasteiger partial charge >= 0.3 is 6.18 Å². The normalized spacial score (nSPS) is 12.7. The van der Waals surface area contributed by atoms with E-state index in [9.17, 15) is 21.6 Å². The summed E-state index contributed by atoms with van der Waals surface area (Å²) in [6.45, 7) is 0.00511. The number of hydrogen-bond acceptors (Lipinski definition) is 4. The molecule has 0 unspecified atom stereocenters. The zero-order chi connectivity index (χ0) is 15.4. The third-order valence-corrected chi connectivity index (χ3v) is 3.80. The number of methoxy groups -OCH3 is 1. The van der Waals surface area contributed by atoms with Gasteiger partial charge in [0.15, 0.2) is 0 Å². The Labute approximate surface area is 118 Å². The van der Waals surface area contributed by atoms with E-state index in [1.165, 1.54) is 7.11 Å².